The molecular formula is C17H23ClIN5O. The number of hydrogen-bond acceptors (Lipinski definition) is 4. The summed E-state index contributed by atoms with van der Waals surface area (Å²) in [5, 5.41) is 7.97. The fourth-order valence-corrected chi connectivity index (χ4v) is 2.97. The smallest absolute Gasteiger partial charge is 0.246 e. The van der Waals surface area contributed by atoms with Crippen LogP contribution in [-0.4, -0.2) is 41.1 Å². The molecule has 1 N–H and O–H groups in total. The number of nitrogens with one attached hydrogen (secondary N) is 1. The van der Waals surface area contributed by atoms with Crippen LogP contribution < -0.4 is 5.32 Å². The van der Waals surface area contributed by atoms with Crippen molar-refractivity contribution in [1.29, 1.82) is 0 Å². The van der Waals surface area contributed by atoms with Gasteiger partial charge in [-0.2, -0.15) is 4.98 Å². The normalized spacial score (nSPS) is 15.8. The third-order valence-corrected chi connectivity index (χ3v) is 4.48. The van der Waals surface area contributed by atoms with Gasteiger partial charge in [-0.05, 0) is 30.9 Å². The number of aromatic nitrogens is 2. The quantitative estimate of drug-likeness (QED) is 0.415. The van der Waals surface area contributed by atoms with Crippen LogP contribution in [0.5, 0.6) is 0 Å². The molecule has 1 aliphatic heterocycles. The van der Waals surface area contributed by atoms with E-state index in [0.29, 0.717) is 23.3 Å². The van der Waals surface area contributed by atoms with Gasteiger partial charge in [-0.15, -0.1) is 24.0 Å². The van der Waals surface area contributed by atoms with E-state index in [0.717, 1.165) is 30.5 Å². The molecule has 0 spiro atoms. The summed E-state index contributed by atoms with van der Waals surface area (Å²) >= 11 is 6.00. The predicted molar refractivity (Wildman–Crippen MR) is 110 cm³/mol. The van der Waals surface area contributed by atoms with Crippen molar-refractivity contribution in [3.63, 3.8) is 0 Å². The lowest BCUT2D eigenvalue weighted by Crippen LogP contribution is -2.45. The molecular weight excluding hydrogens is 453 g/mol. The number of halogens is 2. The Labute approximate surface area is 170 Å². The van der Waals surface area contributed by atoms with Gasteiger partial charge < -0.3 is 14.7 Å². The number of nitrogens with zero attached hydrogens (tertiary/aromatic N) is 4. The second kappa shape index (κ2) is 9.38. The van der Waals surface area contributed by atoms with Gasteiger partial charge in [0.1, 0.15) is 0 Å². The lowest BCUT2D eigenvalue weighted by atomic mass is 10.00. The summed E-state index contributed by atoms with van der Waals surface area (Å²) in [5.41, 5.74) is 0.840. The molecule has 1 aliphatic rings. The molecule has 0 atom stereocenters. The highest BCUT2D eigenvalue weighted by Gasteiger charge is 2.19. The van der Waals surface area contributed by atoms with E-state index >= 15 is 0 Å². The number of likely N-dealkylation sites (tertiary alicyclic amines) is 1. The summed E-state index contributed by atoms with van der Waals surface area (Å²) in [4.78, 5) is 11.0. The first-order valence-electron chi connectivity index (χ1n) is 8.20. The van der Waals surface area contributed by atoms with Gasteiger partial charge in [0.05, 0.1) is 6.54 Å². The molecule has 1 fully saturated rings. The average molecular weight is 476 g/mol. The van der Waals surface area contributed by atoms with Crippen molar-refractivity contribution < 1.29 is 4.52 Å². The zero-order chi connectivity index (χ0) is 16.9. The standard InChI is InChI=1S/C17H22ClN5O.HI/c1-12-6-8-23(9-7-12)17(19-2)20-11-15-21-16(22-24-15)13-4-3-5-14(18)10-13;/h3-5,10,12H,6-9,11H2,1-2H3,(H,19,20);1H. The maximum atomic E-state index is 6.00. The van der Waals surface area contributed by atoms with Crippen molar-refractivity contribution in [2.24, 2.45) is 10.9 Å². The molecule has 8 heteroatoms. The van der Waals surface area contributed by atoms with Gasteiger partial charge in [0, 0.05) is 30.7 Å². The van der Waals surface area contributed by atoms with Crippen LogP contribution in [0, 0.1) is 5.92 Å². The molecule has 0 aliphatic carbocycles. The maximum absolute atomic E-state index is 6.00. The second-order valence-corrected chi connectivity index (χ2v) is 6.53. The van der Waals surface area contributed by atoms with Crippen LogP contribution in [0.4, 0.5) is 0 Å². The molecule has 136 valence electrons. The van der Waals surface area contributed by atoms with Gasteiger partial charge >= 0.3 is 0 Å². The number of aliphatic imine (C=N–C) groups is 1. The molecule has 0 saturated carbocycles. The van der Waals surface area contributed by atoms with Gasteiger partial charge in [-0.1, -0.05) is 35.8 Å². The molecule has 1 saturated heterocycles. The largest absolute Gasteiger partial charge is 0.347 e. The van der Waals surface area contributed by atoms with Crippen molar-refractivity contribution in [2.75, 3.05) is 20.1 Å². The van der Waals surface area contributed by atoms with Crippen molar-refractivity contribution >= 4 is 41.5 Å². The zero-order valence-corrected chi connectivity index (χ0v) is 17.5. The monoisotopic (exact) mass is 475 g/mol. The minimum atomic E-state index is 0. The summed E-state index contributed by atoms with van der Waals surface area (Å²) in [6.07, 6.45) is 2.39. The Morgan fingerprint density at radius 1 is 1.40 bits per heavy atom. The molecule has 25 heavy (non-hydrogen) atoms. The summed E-state index contributed by atoms with van der Waals surface area (Å²) in [6.45, 7) is 4.80. The third-order valence-electron chi connectivity index (χ3n) is 4.24. The Balaban J connectivity index is 0.00000225. The molecule has 0 bridgehead atoms. The van der Waals surface area contributed by atoms with Gasteiger partial charge in [0.25, 0.3) is 0 Å². The molecule has 0 unspecified atom stereocenters. The van der Waals surface area contributed by atoms with Crippen molar-refractivity contribution in [2.45, 2.75) is 26.3 Å². The van der Waals surface area contributed by atoms with E-state index in [9.17, 15) is 0 Å². The summed E-state index contributed by atoms with van der Waals surface area (Å²) < 4.78 is 5.32. The minimum absolute atomic E-state index is 0. The average Bonchev–Trinajstić information content (AvgIpc) is 3.06. The zero-order valence-electron chi connectivity index (χ0n) is 14.4. The minimum Gasteiger partial charge on any atom is -0.347 e. The Bertz CT molecular complexity index is 713. The summed E-state index contributed by atoms with van der Waals surface area (Å²) in [7, 11) is 1.80. The molecule has 2 heterocycles. The predicted octanol–water partition coefficient (Wildman–Crippen LogP) is 3.82. The highest BCUT2D eigenvalue weighted by Crippen LogP contribution is 2.20. The molecule has 1 aromatic heterocycles. The molecule has 1 aromatic carbocycles. The molecule has 6 nitrogen and oxygen atoms in total. The van der Waals surface area contributed by atoms with Gasteiger partial charge in [-0.25, -0.2) is 0 Å². The second-order valence-electron chi connectivity index (χ2n) is 6.09. The van der Waals surface area contributed by atoms with Crippen LogP contribution in [-0.2, 0) is 6.54 Å². The van der Waals surface area contributed by atoms with Crippen LogP contribution in [0.15, 0.2) is 33.8 Å². The van der Waals surface area contributed by atoms with Crippen molar-refractivity contribution in [3.05, 3.63) is 35.2 Å². The van der Waals surface area contributed by atoms with E-state index in [4.69, 9.17) is 16.1 Å². The molecule has 0 amide bonds. The molecule has 2 aromatic rings. The van der Waals surface area contributed by atoms with E-state index in [1.165, 1.54) is 12.8 Å². The van der Waals surface area contributed by atoms with Crippen LogP contribution in [0.2, 0.25) is 5.02 Å². The third kappa shape index (κ3) is 5.31. The van der Waals surface area contributed by atoms with E-state index in [1.807, 2.05) is 24.3 Å². The number of guanidine groups is 1. The Kier molecular flexibility index (Phi) is 7.49. The number of hydrogen-bond donors (Lipinski definition) is 1. The van der Waals surface area contributed by atoms with E-state index in [-0.39, 0.29) is 24.0 Å². The van der Waals surface area contributed by atoms with Crippen LogP contribution >= 0.6 is 35.6 Å². The van der Waals surface area contributed by atoms with Crippen molar-refractivity contribution in [3.8, 4) is 11.4 Å². The molecule has 0 radical (unpaired) electrons. The van der Waals surface area contributed by atoms with E-state index < -0.39 is 0 Å². The number of rotatable bonds is 3. The van der Waals surface area contributed by atoms with Crippen molar-refractivity contribution in [1.82, 2.24) is 20.4 Å². The van der Waals surface area contributed by atoms with Crippen LogP contribution in [0.1, 0.15) is 25.7 Å². The van der Waals surface area contributed by atoms with Gasteiger partial charge in [-0.3, -0.25) is 4.99 Å². The SMILES string of the molecule is CN=C(NCc1nc(-c2cccc(Cl)c2)no1)N1CCC(C)CC1.I. The van der Waals surface area contributed by atoms with Crippen LogP contribution in [0.25, 0.3) is 11.4 Å². The molecule has 3 rings (SSSR count). The van der Waals surface area contributed by atoms with E-state index in [1.54, 1.807) is 7.05 Å². The fourth-order valence-electron chi connectivity index (χ4n) is 2.78. The number of piperidine rings is 1. The fraction of sp³-hybridized carbons (Fsp3) is 0.471. The maximum Gasteiger partial charge on any atom is 0.246 e. The highest BCUT2D eigenvalue weighted by molar-refractivity contribution is 14.0. The highest BCUT2D eigenvalue weighted by atomic mass is 127. The Morgan fingerprint density at radius 2 is 2.16 bits per heavy atom. The summed E-state index contributed by atoms with van der Waals surface area (Å²) in [6, 6.07) is 7.40. The first kappa shape index (κ1) is 20.0. The number of benzene rings is 1. The Morgan fingerprint density at radius 3 is 2.84 bits per heavy atom. The van der Waals surface area contributed by atoms with Gasteiger partial charge in [0.2, 0.25) is 11.7 Å². The lowest BCUT2D eigenvalue weighted by molar-refractivity contribution is 0.271. The van der Waals surface area contributed by atoms with E-state index in [2.05, 4.69) is 32.3 Å². The first-order chi connectivity index (χ1) is 11.7. The van der Waals surface area contributed by atoms with Gasteiger partial charge in [0.15, 0.2) is 5.96 Å². The topological polar surface area (TPSA) is 66.5 Å². The Hall–Kier alpha value is -1.35. The lowest BCUT2D eigenvalue weighted by Gasteiger charge is -2.32. The first-order valence-corrected chi connectivity index (χ1v) is 8.57. The summed E-state index contributed by atoms with van der Waals surface area (Å²) in [5.74, 6) is 2.73. The van der Waals surface area contributed by atoms with Crippen LogP contribution in [0.3, 0.4) is 0 Å².